The van der Waals surface area contributed by atoms with Crippen LogP contribution >= 0.6 is 0 Å². The Morgan fingerprint density at radius 3 is 2.11 bits per heavy atom. The van der Waals surface area contributed by atoms with E-state index >= 15 is 0 Å². The fourth-order valence-corrected chi connectivity index (χ4v) is 3.15. The van der Waals surface area contributed by atoms with E-state index in [0.717, 1.165) is 5.56 Å². The van der Waals surface area contributed by atoms with Gasteiger partial charge in [-0.15, -0.1) is 0 Å². The molecule has 2 aromatic rings. The van der Waals surface area contributed by atoms with Gasteiger partial charge in [-0.1, -0.05) is 0 Å². The lowest BCUT2D eigenvalue weighted by Crippen LogP contribution is -2.03. The second-order valence-electron chi connectivity index (χ2n) is 4.20. The van der Waals surface area contributed by atoms with Crippen LogP contribution in [0.5, 0.6) is 5.75 Å². The standard InChI is InChI=1S/C14H15NO3S/c1-10-9-13(7-8-14(10)18-2)19(16,17)12-5-3-11(15)4-6-12/h3-9H,15H2,1-2H3. The molecule has 0 unspecified atom stereocenters. The second-order valence-corrected chi connectivity index (χ2v) is 6.15. The van der Waals surface area contributed by atoms with Crippen LogP contribution in [0.25, 0.3) is 0 Å². The zero-order chi connectivity index (χ0) is 14.0. The Bertz CT molecular complexity index is 691. The van der Waals surface area contributed by atoms with Crippen LogP contribution in [0.1, 0.15) is 5.56 Å². The summed E-state index contributed by atoms with van der Waals surface area (Å²) in [7, 11) is -1.96. The molecule has 0 atom stereocenters. The summed E-state index contributed by atoms with van der Waals surface area (Å²) in [6.45, 7) is 1.81. The highest BCUT2D eigenvalue weighted by atomic mass is 32.2. The van der Waals surface area contributed by atoms with Crippen LogP contribution in [0, 0.1) is 6.92 Å². The Kier molecular flexibility index (Phi) is 3.48. The van der Waals surface area contributed by atoms with Crippen molar-refractivity contribution in [2.75, 3.05) is 12.8 Å². The van der Waals surface area contributed by atoms with E-state index in [0.29, 0.717) is 11.4 Å². The van der Waals surface area contributed by atoms with Crippen LogP contribution in [-0.2, 0) is 9.84 Å². The van der Waals surface area contributed by atoms with Crippen molar-refractivity contribution in [2.24, 2.45) is 0 Å². The summed E-state index contributed by atoms with van der Waals surface area (Å²) in [6, 6.07) is 10.9. The molecular formula is C14H15NO3S. The van der Waals surface area contributed by atoms with Gasteiger partial charge in [0, 0.05) is 5.69 Å². The molecule has 0 aliphatic rings. The topological polar surface area (TPSA) is 69.4 Å². The summed E-state index contributed by atoms with van der Waals surface area (Å²) >= 11 is 0. The van der Waals surface area contributed by atoms with Gasteiger partial charge in [-0.3, -0.25) is 0 Å². The van der Waals surface area contributed by atoms with E-state index in [1.165, 1.54) is 18.2 Å². The molecule has 2 aromatic carbocycles. The summed E-state index contributed by atoms with van der Waals surface area (Å²) in [4.78, 5) is 0.474. The quantitative estimate of drug-likeness (QED) is 0.875. The number of anilines is 1. The molecule has 0 aromatic heterocycles. The van der Waals surface area contributed by atoms with Crippen molar-refractivity contribution in [1.82, 2.24) is 0 Å². The van der Waals surface area contributed by atoms with E-state index in [9.17, 15) is 8.42 Å². The Labute approximate surface area is 112 Å². The van der Waals surface area contributed by atoms with Gasteiger partial charge in [-0.2, -0.15) is 0 Å². The molecule has 0 spiro atoms. The monoisotopic (exact) mass is 277 g/mol. The molecule has 0 aliphatic heterocycles. The lowest BCUT2D eigenvalue weighted by Gasteiger charge is -2.08. The molecule has 2 N–H and O–H groups in total. The average molecular weight is 277 g/mol. The largest absolute Gasteiger partial charge is 0.496 e. The van der Waals surface area contributed by atoms with Crippen molar-refractivity contribution >= 4 is 15.5 Å². The highest BCUT2D eigenvalue weighted by Gasteiger charge is 2.18. The maximum absolute atomic E-state index is 12.4. The van der Waals surface area contributed by atoms with Crippen molar-refractivity contribution in [3.63, 3.8) is 0 Å². The fraction of sp³-hybridized carbons (Fsp3) is 0.143. The Morgan fingerprint density at radius 1 is 1.00 bits per heavy atom. The van der Waals surface area contributed by atoms with E-state index in [1.807, 2.05) is 0 Å². The lowest BCUT2D eigenvalue weighted by molar-refractivity contribution is 0.411. The molecule has 0 heterocycles. The number of hydrogen-bond acceptors (Lipinski definition) is 4. The van der Waals surface area contributed by atoms with Crippen molar-refractivity contribution < 1.29 is 13.2 Å². The minimum absolute atomic E-state index is 0.228. The van der Waals surface area contributed by atoms with Gasteiger partial charge in [0.15, 0.2) is 0 Å². The third kappa shape index (κ3) is 2.56. The van der Waals surface area contributed by atoms with E-state index in [1.54, 1.807) is 38.3 Å². The zero-order valence-corrected chi connectivity index (χ0v) is 11.6. The van der Waals surface area contributed by atoms with Crippen molar-refractivity contribution in [3.05, 3.63) is 48.0 Å². The summed E-state index contributed by atoms with van der Waals surface area (Å²) in [5, 5.41) is 0. The first-order chi connectivity index (χ1) is 8.95. The molecule has 0 bridgehead atoms. The van der Waals surface area contributed by atoms with Gasteiger partial charge in [0.25, 0.3) is 0 Å². The van der Waals surface area contributed by atoms with Gasteiger partial charge in [0.05, 0.1) is 16.9 Å². The molecule has 0 amide bonds. The maximum Gasteiger partial charge on any atom is 0.206 e. The number of ether oxygens (including phenoxy) is 1. The predicted octanol–water partition coefficient (Wildman–Crippen LogP) is 2.42. The molecule has 100 valence electrons. The summed E-state index contributed by atoms with van der Waals surface area (Å²) in [5.41, 5.74) is 6.87. The molecular weight excluding hydrogens is 262 g/mol. The number of sulfone groups is 1. The normalized spacial score (nSPS) is 11.3. The lowest BCUT2D eigenvalue weighted by atomic mass is 10.2. The van der Waals surface area contributed by atoms with E-state index in [2.05, 4.69) is 0 Å². The van der Waals surface area contributed by atoms with E-state index in [4.69, 9.17) is 10.5 Å². The highest BCUT2D eigenvalue weighted by Crippen LogP contribution is 2.26. The first-order valence-corrected chi connectivity index (χ1v) is 7.19. The van der Waals surface area contributed by atoms with Crippen molar-refractivity contribution in [2.45, 2.75) is 16.7 Å². The molecule has 19 heavy (non-hydrogen) atoms. The maximum atomic E-state index is 12.4. The Balaban J connectivity index is 2.50. The minimum Gasteiger partial charge on any atom is -0.496 e. The average Bonchev–Trinajstić information content (AvgIpc) is 2.39. The molecule has 5 heteroatoms. The van der Waals surface area contributed by atoms with Crippen LogP contribution in [0.4, 0.5) is 5.69 Å². The summed E-state index contributed by atoms with van der Waals surface area (Å²) < 4.78 is 30.0. The van der Waals surface area contributed by atoms with Crippen LogP contribution in [0.2, 0.25) is 0 Å². The van der Waals surface area contributed by atoms with E-state index < -0.39 is 9.84 Å². The molecule has 0 aliphatic carbocycles. The molecule has 2 rings (SSSR count). The molecule has 0 fully saturated rings. The molecule has 0 saturated heterocycles. The highest BCUT2D eigenvalue weighted by molar-refractivity contribution is 7.91. The second kappa shape index (κ2) is 4.93. The molecule has 0 saturated carbocycles. The van der Waals surface area contributed by atoms with Crippen LogP contribution in [0.3, 0.4) is 0 Å². The number of rotatable bonds is 3. The van der Waals surface area contributed by atoms with Gasteiger partial charge in [-0.05, 0) is 55.0 Å². The van der Waals surface area contributed by atoms with E-state index in [-0.39, 0.29) is 9.79 Å². The third-order valence-electron chi connectivity index (χ3n) is 2.87. The molecule has 0 radical (unpaired) electrons. The Morgan fingerprint density at radius 2 is 1.58 bits per heavy atom. The zero-order valence-electron chi connectivity index (χ0n) is 10.8. The summed E-state index contributed by atoms with van der Waals surface area (Å²) in [6.07, 6.45) is 0. The number of hydrogen-bond donors (Lipinski definition) is 1. The number of nitrogens with two attached hydrogens (primary N) is 1. The number of nitrogen functional groups attached to an aromatic ring is 1. The van der Waals surface area contributed by atoms with Crippen LogP contribution in [-0.4, -0.2) is 15.5 Å². The number of aryl methyl sites for hydroxylation is 1. The number of methoxy groups -OCH3 is 1. The first-order valence-electron chi connectivity index (χ1n) is 5.70. The summed E-state index contributed by atoms with van der Waals surface area (Å²) in [5.74, 6) is 0.663. The minimum atomic E-state index is -3.51. The van der Waals surface area contributed by atoms with Crippen molar-refractivity contribution in [3.8, 4) is 5.75 Å². The van der Waals surface area contributed by atoms with Gasteiger partial charge >= 0.3 is 0 Å². The first kappa shape index (κ1) is 13.4. The van der Waals surface area contributed by atoms with Gasteiger partial charge in [0.1, 0.15) is 5.75 Å². The van der Waals surface area contributed by atoms with Gasteiger partial charge in [-0.25, -0.2) is 8.42 Å². The number of benzene rings is 2. The van der Waals surface area contributed by atoms with Crippen LogP contribution < -0.4 is 10.5 Å². The Hall–Kier alpha value is -2.01. The van der Waals surface area contributed by atoms with Gasteiger partial charge in [0.2, 0.25) is 9.84 Å². The third-order valence-corrected chi connectivity index (χ3v) is 4.63. The van der Waals surface area contributed by atoms with Gasteiger partial charge < -0.3 is 10.5 Å². The fourth-order valence-electron chi connectivity index (χ4n) is 1.80. The predicted molar refractivity (Wildman–Crippen MR) is 74.0 cm³/mol. The van der Waals surface area contributed by atoms with Crippen LogP contribution in [0.15, 0.2) is 52.3 Å². The smallest absolute Gasteiger partial charge is 0.206 e. The van der Waals surface area contributed by atoms with Crippen molar-refractivity contribution in [1.29, 1.82) is 0 Å². The molecule has 4 nitrogen and oxygen atoms in total. The SMILES string of the molecule is COc1ccc(S(=O)(=O)c2ccc(N)cc2)cc1C.